The SMILES string of the molecule is NC(=O)c1cnc2ccc(-c3c(-c4ccc(F)cc4)ncn3C(CO)CO)cn12. The number of aliphatic hydroxyl groups is 2. The van der Waals surface area contributed by atoms with Crippen LogP contribution in [0.25, 0.3) is 28.2 Å². The molecule has 0 aliphatic rings. The first kappa shape index (κ1) is 18.8. The molecule has 3 heterocycles. The Kier molecular flexibility index (Phi) is 4.83. The summed E-state index contributed by atoms with van der Waals surface area (Å²) in [6.45, 7) is -0.606. The van der Waals surface area contributed by atoms with Crippen molar-refractivity contribution < 1.29 is 19.4 Å². The van der Waals surface area contributed by atoms with E-state index in [4.69, 9.17) is 5.73 Å². The van der Waals surface area contributed by atoms with Crippen LogP contribution in [0.3, 0.4) is 0 Å². The number of hydrogen-bond acceptors (Lipinski definition) is 5. The van der Waals surface area contributed by atoms with Crippen molar-refractivity contribution >= 4 is 11.6 Å². The molecule has 0 unspecified atom stereocenters. The summed E-state index contributed by atoms with van der Waals surface area (Å²) in [5.41, 5.74) is 8.64. The maximum atomic E-state index is 13.4. The van der Waals surface area contributed by atoms with E-state index in [9.17, 15) is 19.4 Å². The topological polar surface area (TPSA) is 119 Å². The second-order valence-corrected chi connectivity index (χ2v) is 6.53. The fourth-order valence-electron chi connectivity index (χ4n) is 3.28. The normalized spacial score (nSPS) is 11.4. The predicted molar refractivity (Wildman–Crippen MR) is 104 cm³/mol. The van der Waals surface area contributed by atoms with Crippen molar-refractivity contribution in [1.82, 2.24) is 18.9 Å². The monoisotopic (exact) mass is 395 g/mol. The minimum absolute atomic E-state index is 0.220. The fraction of sp³-hybridized carbons (Fsp3) is 0.150. The van der Waals surface area contributed by atoms with Crippen LogP contribution in [0, 0.1) is 5.82 Å². The molecular weight excluding hydrogens is 377 g/mol. The van der Waals surface area contributed by atoms with Gasteiger partial charge in [-0.15, -0.1) is 0 Å². The number of aliphatic hydroxyl groups excluding tert-OH is 2. The molecule has 4 N–H and O–H groups in total. The van der Waals surface area contributed by atoms with Gasteiger partial charge < -0.3 is 20.5 Å². The van der Waals surface area contributed by atoms with E-state index < -0.39 is 11.9 Å². The van der Waals surface area contributed by atoms with Crippen LogP contribution < -0.4 is 5.73 Å². The van der Waals surface area contributed by atoms with Crippen molar-refractivity contribution in [2.24, 2.45) is 5.73 Å². The minimum Gasteiger partial charge on any atom is -0.394 e. The van der Waals surface area contributed by atoms with Gasteiger partial charge in [0.1, 0.15) is 17.2 Å². The molecule has 4 rings (SSSR count). The molecule has 148 valence electrons. The molecule has 9 heteroatoms. The van der Waals surface area contributed by atoms with Crippen molar-refractivity contribution in [3.8, 4) is 22.5 Å². The average molecular weight is 395 g/mol. The number of pyridine rings is 1. The van der Waals surface area contributed by atoms with E-state index in [0.29, 0.717) is 28.2 Å². The van der Waals surface area contributed by atoms with Gasteiger partial charge in [-0.3, -0.25) is 9.20 Å². The highest BCUT2D eigenvalue weighted by Crippen LogP contribution is 2.33. The molecule has 0 atom stereocenters. The summed E-state index contributed by atoms with van der Waals surface area (Å²) in [6, 6.07) is 8.75. The van der Waals surface area contributed by atoms with Crippen LogP contribution in [0.15, 0.2) is 55.1 Å². The third-order valence-corrected chi connectivity index (χ3v) is 4.76. The Labute approximate surface area is 164 Å². The van der Waals surface area contributed by atoms with Gasteiger partial charge in [-0.25, -0.2) is 14.4 Å². The summed E-state index contributed by atoms with van der Waals surface area (Å²) in [5, 5.41) is 19.4. The Morgan fingerprint density at radius 1 is 1.07 bits per heavy atom. The van der Waals surface area contributed by atoms with E-state index in [1.807, 2.05) is 0 Å². The number of fused-ring (bicyclic) bond motifs is 1. The van der Waals surface area contributed by atoms with Crippen molar-refractivity contribution in [1.29, 1.82) is 0 Å². The lowest BCUT2D eigenvalue weighted by atomic mass is 10.1. The number of hydrogen-bond donors (Lipinski definition) is 3. The van der Waals surface area contributed by atoms with Gasteiger partial charge in [0.2, 0.25) is 0 Å². The first-order valence-corrected chi connectivity index (χ1v) is 8.85. The first-order chi connectivity index (χ1) is 14.0. The summed E-state index contributed by atoms with van der Waals surface area (Å²) in [4.78, 5) is 20.3. The number of amides is 1. The number of carbonyl (C=O) groups excluding carboxylic acids is 1. The van der Waals surface area contributed by atoms with E-state index >= 15 is 0 Å². The summed E-state index contributed by atoms with van der Waals surface area (Å²) in [7, 11) is 0. The van der Waals surface area contributed by atoms with Crippen molar-refractivity contribution in [3.63, 3.8) is 0 Å². The molecule has 29 heavy (non-hydrogen) atoms. The highest BCUT2D eigenvalue weighted by molar-refractivity contribution is 5.92. The quantitative estimate of drug-likeness (QED) is 0.459. The lowest BCUT2D eigenvalue weighted by Gasteiger charge is -2.18. The van der Waals surface area contributed by atoms with Crippen LogP contribution in [0.5, 0.6) is 0 Å². The Balaban J connectivity index is 1.96. The van der Waals surface area contributed by atoms with Crippen molar-refractivity contribution in [2.75, 3.05) is 13.2 Å². The van der Waals surface area contributed by atoms with Crippen LogP contribution in [-0.4, -0.2) is 48.3 Å². The molecule has 0 spiro atoms. The summed E-state index contributed by atoms with van der Waals surface area (Å²) < 4.78 is 16.6. The predicted octanol–water partition coefficient (Wildman–Crippen LogP) is 1.63. The van der Waals surface area contributed by atoms with E-state index in [-0.39, 0.29) is 24.7 Å². The zero-order valence-corrected chi connectivity index (χ0v) is 15.2. The van der Waals surface area contributed by atoms with Crippen LogP contribution in [0.1, 0.15) is 16.5 Å². The van der Waals surface area contributed by atoms with Gasteiger partial charge in [0.05, 0.1) is 43.2 Å². The Hall–Kier alpha value is -3.56. The Morgan fingerprint density at radius 3 is 2.41 bits per heavy atom. The maximum Gasteiger partial charge on any atom is 0.267 e. The number of aromatic nitrogens is 4. The standard InChI is InChI=1S/C20H18FN5O3/c21-14-4-1-12(2-5-14)18-19(26(11-24-18)15(9-27)10-28)13-3-6-17-23-7-16(20(22)29)25(17)8-13/h1-8,11,15,27-28H,9-10H2,(H2,22,29). The highest BCUT2D eigenvalue weighted by atomic mass is 19.1. The second kappa shape index (κ2) is 7.46. The molecule has 4 aromatic rings. The van der Waals surface area contributed by atoms with Gasteiger partial charge in [-0.2, -0.15) is 0 Å². The van der Waals surface area contributed by atoms with Crippen molar-refractivity contribution in [2.45, 2.75) is 6.04 Å². The summed E-state index contributed by atoms with van der Waals surface area (Å²) in [5.74, 6) is -0.991. The van der Waals surface area contributed by atoms with Crippen LogP contribution >= 0.6 is 0 Å². The van der Waals surface area contributed by atoms with Crippen LogP contribution in [0.4, 0.5) is 4.39 Å². The molecule has 0 aliphatic heterocycles. The number of benzene rings is 1. The second-order valence-electron chi connectivity index (χ2n) is 6.53. The van der Waals surface area contributed by atoms with E-state index in [1.165, 1.54) is 24.7 Å². The average Bonchev–Trinajstić information content (AvgIpc) is 3.33. The lowest BCUT2D eigenvalue weighted by molar-refractivity contribution is 0.0994. The van der Waals surface area contributed by atoms with E-state index in [1.54, 1.807) is 39.4 Å². The number of carbonyl (C=O) groups is 1. The number of primary amides is 1. The molecule has 0 bridgehead atoms. The highest BCUT2D eigenvalue weighted by Gasteiger charge is 2.21. The minimum atomic E-state index is -0.624. The molecule has 0 aliphatic carbocycles. The molecule has 8 nitrogen and oxygen atoms in total. The number of imidazole rings is 2. The smallest absolute Gasteiger partial charge is 0.267 e. The lowest BCUT2D eigenvalue weighted by Crippen LogP contribution is -2.17. The number of nitrogens with zero attached hydrogens (tertiary/aromatic N) is 4. The first-order valence-electron chi connectivity index (χ1n) is 8.85. The molecule has 3 aromatic heterocycles. The van der Waals surface area contributed by atoms with Gasteiger partial charge in [0.25, 0.3) is 5.91 Å². The van der Waals surface area contributed by atoms with Gasteiger partial charge >= 0.3 is 0 Å². The summed E-state index contributed by atoms with van der Waals surface area (Å²) >= 11 is 0. The van der Waals surface area contributed by atoms with Gasteiger partial charge in [0, 0.05) is 17.3 Å². The third kappa shape index (κ3) is 3.26. The Bertz CT molecular complexity index is 1180. The Morgan fingerprint density at radius 2 is 1.76 bits per heavy atom. The molecule has 0 radical (unpaired) electrons. The molecule has 0 saturated heterocycles. The van der Waals surface area contributed by atoms with Crippen molar-refractivity contribution in [3.05, 3.63) is 66.6 Å². The molecule has 1 aromatic carbocycles. The summed E-state index contributed by atoms with van der Waals surface area (Å²) in [6.07, 6.45) is 4.59. The van der Waals surface area contributed by atoms with Gasteiger partial charge in [0.15, 0.2) is 0 Å². The van der Waals surface area contributed by atoms with Crippen LogP contribution in [-0.2, 0) is 0 Å². The molecule has 0 saturated carbocycles. The molecular formula is C20H18FN5O3. The largest absolute Gasteiger partial charge is 0.394 e. The zero-order valence-electron chi connectivity index (χ0n) is 15.2. The number of nitrogens with two attached hydrogens (primary N) is 1. The number of halogens is 1. The molecule has 1 amide bonds. The van der Waals surface area contributed by atoms with E-state index in [2.05, 4.69) is 9.97 Å². The van der Waals surface area contributed by atoms with Gasteiger partial charge in [-0.1, -0.05) is 0 Å². The zero-order chi connectivity index (χ0) is 20.5. The van der Waals surface area contributed by atoms with E-state index in [0.717, 1.165) is 0 Å². The fourth-order valence-corrected chi connectivity index (χ4v) is 3.28. The van der Waals surface area contributed by atoms with Gasteiger partial charge in [-0.05, 0) is 36.4 Å². The molecule has 0 fully saturated rings. The maximum absolute atomic E-state index is 13.4. The third-order valence-electron chi connectivity index (χ3n) is 4.76. The number of rotatable bonds is 6. The van der Waals surface area contributed by atoms with Crippen LogP contribution in [0.2, 0.25) is 0 Å².